The van der Waals surface area contributed by atoms with Gasteiger partial charge in [-0.15, -0.1) is 0 Å². The predicted molar refractivity (Wildman–Crippen MR) is 126 cm³/mol. The summed E-state index contributed by atoms with van der Waals surface area (Å²) in [5, 5.41) is 0. The van der Waals surface area contributed by atoms with Crippen LogP contribution < -0.4 is 0 Å². The topological polar surface area (TPSA) is 0 Å². The van der Waals surface area contributed by atoms with E-state index >= 15 is 0 Å². The smallest absolute Gasteiger partial charge is 0.133 e. The lowest BCUT2D eigenvalue weighted by Gasteiger charge is -2.12. The summed E-state index contributed by atoms with van der Waals surface area (Å²) < 4.78 is 26.8. The van der Waals surface area contributed by atoms with Gasteiger partial charge >= 0.3 is 0 Å². The predicted octanol–water partition coefficient (Wildman–Crippen LogP) is 8.15. The summed E-state index contributed by atoms with van der Waals surface area (Å²) in [5.74, 6) is -0.654. The number of hydrogen-bond acceptors (Lipinski definition) is 0. The fourth-order valence-electron chi connectivity index (χ4n) is 3.70. The van der Waals surface area contributed by atoms with Gasteiger partial charge in [0.2, 0.25) is 0 Å². The van der Waals surface area contributed by atoms with Crippen LogP contribution >= 0.6 is 0 Å². The van der Waals surface area contributed by atoms with E-state index in [4.69, 9.17) is 0 Å². The molecule has 0 heterocycles. The van der Waals surface area contributed by atoms with Crippen LogP contribution in [0.15, 0.2) is 97.1 Å². The maximum atomic E-state index is 13.8. The molecular formula is C29H24F2. The lowest BCUT2D eigenvalue weighted by molar-refractivity contribution is 0.581. The van der Waals surface area contributed by atoms with Crippen molar-refractivity contribution in [2.75, 3.05) is 0 Å². The normalized spacial score (nSPS) is 12.2. The zero-order valence-electron chi connectivity index (χ0n) is 17.4. The number of rotatable bonds is 6. The molecule has 0 saturated carbocycles. The third-order valence-electron chi connectivity index (χ3n) is 5.53. The second-order valence-electron chi connectivity index (χ2n) is 7.83. The molecule has 0 radical (unpaired) electrons. The maximum Gasteiger partial charge on any atom is 0.133 e. The van der Waals surface area contributed by atoms with Crippen molar-refractivity contribution in [1.82, 2.24) is 0 Å². The number of benzene rings is 4. The average Bonchev–Trinajstić information content (AvgIpc) is 2.80. The Morgan fingerprint density at radius 3 is 2.00 bits per heavy atom. The zero-order valence-corrected chi connectivity index (χ0v) is 17.4. The molecule has 31 heavy (non-hydrogen) atoms. The molecule has 0 saturated heterocycles. The number of halogens is 2. The second kappa shape index (κ2) is 9.53. The van der Waals surface area contributed by atoms with Crippen molar-refractivity contribution >= 4 is 12.2 Å². The van der Waals surface area contributed by atoms with E-state index in [9.17, 15) is 8.78 Å². The molecule has 4 rings (SSSR count). The first kappa shape index (κ1) is 20.7. The van der Waals surface area contributed by atoms with Crippen LogP contribution in [0.2, 0.25) is 0 Å². The highest BCUT2D eigenvalue weighted by Gasteiger charge is 2.07. The molecule has 154 valence electrons. The van der Waals surface area contributed by atoms with Crippen molar-refractivity contribution in [3.63, 3.8) is 0 Å². The SMILES string of the molecule is CC(Cc1ccc(-c2ccc(/C=C/c3ccc(F)cc3F)cc2)cc1)c1ccccc1. The van der Waals surface area contributed by atoms with Gasteiger partial charge in [0.15, 0.2) is 0 Å². The zero-order chi connectivity index (χ0) is 21.6. The van der Waals surface area contributed by atoms with Gasteiger partial charge in [-0.05, 0) is 52.3 Å². The first-order chi connectivity index (χ1) is 15.1. The third kappa shape index (κ3) is 5.35. The Bertz CT molecular complexity index is 1160. The van der Waals surface area contributed by atoms with E-state index in [1.807, 2.05) is 24.3 Å². The largest absolute Gasteiger partial charge is 0.207 e. The summed E-state index contributed by atoms with van der Waals surface area (Å²) in [6, 6.07) is 31.0. The highest BCUT2D eigenvalue weighted by molar-refractivity contribution is 5.72. The van der Waals surface area contributed by atoms with Gasteiger partial charge in [0, 0.05) is 11.6 Å². The van der Waals surface area contributed by atoms with Crippen LogP contribution in [0.4, 0.5) is 8.78 Å². The van der Waals surface area contributed by atoms with Crippen molar-refractivity contribution in [2.45, 2.75) is 19.3 Å². The lowest BCUT2D eigenvalue weighted by Crippen LogP contribution is -1.98. The van der Waals surface area contributed by atoms with Gasteiger partial charge in [-0.3, -0.25) is 0 Å². The summed E-state index contributed by atoms with van der Waals surface area (Å²) in [4.78, 5) is 0. The molecule has 2 heteroatoms. The van der Waals surface area contributed by atoms with Crippen LogP contribution in [-0.4, -0.2) is 0 Å². The minimum atomic E-state index is -0.570. The first-order valence-corrected chi connectivity index (χ1v) is 10.5. The second-order valence-corrected chi connectivity index (χ2v) is 7.83. The Hall–Kier alpha value is -3.52. The van der Waals surface area contributed by atoms with Crippen LogP contribution in [-0.2, 0) is 6.42 Å². The van der Waals surface area contributed by atoms with E-state index in [-0.39, 0.29) is 0 Å². The van der Waals surface area contributed by atoms with Crippen LogP contribution in [0.5, 0.6) is 0 Å². The van der Waals surface area contributed by atoms with Crippen molar-refractivity contribution in [1.29, 1.82) is 0 Å². The highest BCUT2D eigenvalue weighted by atomic mass is 19.1. The van der Waals surface area contributed by atoms with Crippen molar-refractivity contribution in [2.24, 2.45) is 0 Å². The molecule has 0 aliphatic carbocycles. The van der Waals surface area contributed by atoms with E-state index in [1.54, 1.807) is 6.08 Å². The van der Waals surface area contributed by atoms with Gasteiger partial charge in [0.1, 0.15) is 11.6 Å². The summed E-state index contributed by atoms with van der Waals surface area (Å²) in [6.07, 6.45) is 4.49. The standard InChI is InChI=1S/C29H24F2/c1-21(24-5-3-2-4-6-24)19-23-10-14-26(15-11-23)25-12-7-22(8-13-25)9-16-27-17-18-28(30)20-29(27)31/h2-18,20-21H,19H2,1H3/b16-9+. The van der Waals surface area contributed by atoms with Crippen LogP contribution in [0.3, 0.4) is 0 Å². The van der Waals surface area contributed by atoms with Gasteiger partial charge in [-0.1, -0.05) is 97.9 Å². The molecule has 0 fully saturated rings. The molecule has 4 aromatic rings. The van der Waals surface area contributed by atoms with Gasteiger partial charge in [-0.25, -0.2) is 8.78 Å². The molecule has 0 spiro atoms. The Balaban J connectivity index is 1.42. The van der Waals surface area contributed by atoms with Gasteiger partial charge in [0.05, 0.1) is 0 Å². The van der Waals surface area contributed by atoms with E-state index in [1.165, 1.54) is 23.3 Å². The van der Waals surface area contributed by atoms with Crippen LogP contribution in [0.25, 0.3) is 23.3 Å². The Kier molecular flexibility index (Phi) is 6.37. The van der Waals surface area contributed by atoms with E-state index in [0.717, 1.165) is 29.2 Å². The summed E-state index contributed by atoms with van der Waals surface area (Å²) in [7, 11) is 0. The molecule has 1 atom stereocenters. The monoisotopic (exact) mass is 410 g/mol. The summed E-state index contributed by atoms with van der Waals surface area (Å²) >= 11 is 0. The molecule has 0 bridgehead atoms. The highest BCUT2D eigenvalue weighted by Crippen LogP contribution is 2.24. The quantitative estimate of drug-likeness (QED) is 0.281. The first-order valence-electron chi connectivity index (χ1n) is 10.5. The van der Waals surface area contributed by atoms with E-state index < -0.39 is 11.6 Å². The number of hydrogen-bond donors (Lipinski definition) is 0. The molecule has 1 unspecified atom stereocenters. The Morgan fingerprint density at radius 2 is 1.35 bits per heavy atom. The minimum Gasteiger partial charge on any atom is -0.207 e. The van der Waals surface area contributed by atoms with Crippen LogP contribution in [0.1, 0.15) is 35.1 Å². The molecule has 0 amide bonds. The third-order valence-corrected chi connectivity index (χ3v) is 5.53. The van der Waals surface area contributed by atoms with Crippen LogP contribution in [0, 0.1) is 11.6 Å². The van der Waals surface area contributed by atoms with E-state index in [2.05, 4.69) is 67.6 Å². The van der Waals surface area contributed by atoms with Crippen molar-refractivity contribution < 1.29 is 8.78 Å². The van der Waals surface area contributed by atoms with Gasteiger partial charge in [0.25, 0.3) is 0 Å². The summed E-state index contributed by atoms with van der Waals surface area (Å²) in [5.41, 5.74) is 6.30. The maximum absolute atomic E-state index is 13.8. The average molecular weight is 411 g/mol. The van der Waals surface area contributed by atoms with Crippen molar-refractivity contribution in [3.05, 3.63) is 131 Å². The molecule has 0 aromatic heterocycles. The minimum absolute atomic E-state index is 0.366. The van der Waals surface area contributed by atoms with Crippen molar-refractivity contribution in [3.8, 4) is 11.1 Å². The summed E-state index contributed by atoms with van der Waals surface area (Å²) in [6.45, 7) is 2.26. The molecule has 0 N–H and O–H groups in total. The lowest BCUT2D eigenvalue weighted by atomic mass is 9.93. The Morgan fingerprint density at radius 1 is 0.710 bits per heavy atom. The molecular weight excluding hydrogens is 386 g/mol. The molecule has 0 aliphatic heterocycles. The fourth-order valence-corrected chi connectivity index (χ4v) is 3.70. The molecule has 0 aliphatic rings. The molecule has 0 nitrogen and oxygen atoms in total. The van der Waals surface area contributed by atoms with Gasteiger partial charge < -0.3 is 0 Å². The fraction of sp³-hybridized carbons (Fsp3) is 0.103. The Labute approximate surface area is 182 Å². The van der Waals surface area contributed by atoms with E-state index in [0.29, 0.717) is 11.5 Å². The van der Waals surface area contributed by atoms with Gasteiger partial charge in [-0.2, -0.15) is 0 Å². The molecule has 4 aromatic carbocycles.